The summed E-state index contributed by atoms with van der Waals surface area (Å²) in [7, 11) is 0. The minimum atomic E-state index is 0.736. The molecule has 1 heterocycles. The minimum Gasteiger partial charge on any atom is -0.345 e. The summed E-state index contributed by atoms with van der Waals surface area (Å²) in [4.78, 5) is 8.17. The highest BCUT2D eigenvalue weighted by Gasteiger charge is 2.23. The molecule has 2 heteroatoms. The average Bonchev–Trinajstić information content (AvgIpc) is 3.02. The number of nitrogens with zero attached hydrogens (tertiary/aromatic N) is 1. The van der Waals surface area contributed by atoms with Crippen LogP contribution in [-0.2, 0) is 0 Å². The van der Waals surface area contributed by atoms with E-state index in [0.29, 0.717) is 0 Å². The number of aromatic amines is 1. The van der Waals surface area contributed by atoms with Gasteiger partial charge in [0.1, 0.15) is 5.82 Å². The Balaban J connectivity index is 1.74. The van der Waals surface area contributed by atoms with Crippen molar-refractivity contribution in [3.63, 3.8) is 0 Å². The van der Waals surface area contributed by atoms with E-state index < -0.39 is 0 Å². The zero-order valence-corrected chi connectivity index (χ0v) is 9.34. The number of hydrogen-bond acceptors (Lipinski definition) is 1. The molecular formula is C13H20N2. The molecule has 2 saturated carbocycles. The fraction of sp³-hybridized carbons (Fsp3) is 0.769. The van der Waals surface area contributed by atoms with Crippen molar-refractivity contribution in [3.8, 4) is 0 Å². The third-order valence-electron chi connectivity index (χ3n) is 4.15. The van der Waals surface area contributed by atoms with Gasteiger partial charge in [0.2, 0.25) is 0 Å². The number of imidazole rings is 1. The first kappa shape index (κ1) is 9.44. The summed E-state index contributed by atoms with van der Waals surface area (Å²) in [5, 5.41) is 0. The summed E-state index contributed by atoms with van der Waals surface area (Å²) in [6.07, 6.45) is 13.1. The number of rotatable bonds is 2. The monoisotopic (exact) mass is 204 g/mol. The first-order chi connectivity index (χ1) is 7.43. The Kier molecular flexibility index (Phi) is 2.51. The lowest BCUT2D eigenvalue weighted by Crippen LogP contribution is -1.97. The molecule has 0 saturated heterocycles. The predicted octanol–water partition coefficient (Wildman–Crippen LogP) is 3.72. The van der Waals surface area contributed by atoms with Crippen LogP contribution >= 0.6 is 0 Å². The van der Waals surface area contributed by atoms with Gasteiger partial charge in [0.05, 0.1) is 0 Å². The Morgan fingerprint density at radius 1 is 0.933 bits per heavy atom. The van der Waals surface area contributed by atoms with Gasteiger partial charge in [-0.25, -0.2) is 4.98 Å². The van der Waals surface area contributed by atoms with E-state index in [1.54, 1.807) is 0 Å². The van der Waals surface area contributed by atoms with Crippen LogP contribution in [0.1, 0.15) is 74.7 Å². The summed E-state index contributed by atoms with van der Waals surface area (Å²) < 4.78 is 0. The number of hydrogen-bond donors (Lipinski definition) is 1. The topological polar surface area (TPSA) is 28.7 Å². The molecule has 2 aliphatic carbocycles. The summed E-state index contributed by atoms with van der Waals surface area (Å²) in [5.74, 6) is 2.79. The second-order valence-electron chi connectivity index (χ2n) is 5.19. The Hall–Kier alpha value is -0.790. The highest BCUT2D eigenvalue weighted by atomic mass is 14.9. The molecule has 2 fully saturated rings. The van der Waals surface area contributed by atoms with Gasteiger partial charge in [-0.1, -0.05) is 25.7 Å². The SMILES string of the molecule is c1nc(C2CCCC2)[nH]c1C1CCCC1. The molecule has 0 unspecified atom stereocenters. The molecule has 0 spiro atoms. The summed E-state index contributed by atoms with van der Waals surface area (Å²) >= 11 is 0. The van der Waals surface area contributed by atoms with Crippen LogP contribution in [0.5, 0.6) is 0 Å². The van der Waals surface area contributed by atoms with Gasteiger partial charge in [-0.3, -0.25) is 0 Å². The molecule has 0 aliphatic heterocycles. The van der Waals surface area contributed by atoms with Crippen LogP contribution < -0.4 is 0 Å². The summed E-state index contributed by atoms with van der Waals surface area (Å²) in [5.41, 5.74) is 1.41. The Morgan fingerprint density at radius 3 is 2.20 bits per heavy atom. The molecule has 2 aliphatic rings. The zero-order chi connectivity index (χ0) is 10.1. The summed E-state index contributed by atoms with van der Waals surface area (Å²) in [6.45, 7) is 0. The highest BCUT2D eigenvalue weighted by Crippen LogP contribution is 2.36. The van der Waals surface area contributed by atoms with Crippen LogP contribution in [0.2, 0.25) is 0 Å². The third-order valence-corrected chi connectivity index (χ3v) is 4.15. The fourth-order valence-electron chi connectivity index (χ4n) is 3.20. The summed E-state index contributed by atoms with van der Waals surface area (Å²) in [6, 6.07) is 0. The molecule has 0 amide bonds. The van der Waals surface area contributed by atoms with Gasteiger partial charge >= 0.3 is 0 Å². The van der Waals surface area contributed by atoms with Crippen molar-refractivity contribution in [2.24, 2.45) is 0 Å². The molecule has 1 N–H and O–H groups in total. The second-order valence-corrected chi connectivity index (χ2v) is 5.19. The van der Waals surface area contributed by atoms with E-state index in [9.17, 15) is 0 Å². The van der Waals surface area contributed by atoms with Crippen molar-refractivity contribution in [3.05, 3.63) is 17.7 Å². The standard InChI is InChI=1S/C13H20N2/c1-2-6-10(5-1)12-9-14-13(15-12)11-7-3-4-8-11/h9-11H,1-8H2,(H,14,15). The maximum atomic E-state index is 4.59. The smallest absolute Gasteiger partial charge is 0.109 e. The molecule has 1 aromatic heterocycles. The van der Waals surface area contributed by atoms with Gasteiger partial charge in [0.15, 0.2) is 0 Å². The molecule has 15 heavy (non-hydrogen) atoms. The van der Waals surface area contributed by atoms with Gasteiger partial charge in [-0.15, -0.1) is 0 Å². The van der Waals surface area contributed by atoms with E-state index in [4.69, 9.17) is 0 Å². The molecule has 0 bridgehead atoms. The van der Waals surface area contributed by atoms with Crippen LogP contribution in [0.3, 0.4) is 0 Å². The van der Waals surface area contributed by atoms with Gasteiger partial charge in [-0.05, 0) is 25.7 Å². The second kappa shape index (κ2) is 3.99. The average molecular weight is 204 g/mol. The van der Waals surface area contributed by atoms with Crippen molar-refractivity contribution in [1.82, 2.24) is 9.97 Å². The Bertz CT molecular complexity index is 287. The van der Waals surface area contributed by atoms with E-state index in [0.717, 1.165) is 11.8 Å². The minimum absolute atomic E-state index is 0.736. The van der Waals surface area contributed by atoms with Crippen LogP contribution in [-0.4, -0.2) is 9.97 Å². The molecule has 0 radical (unpaired) electrons. The Morgan fingerprint density at radius 2 is 1.53 bits per heavy atom. The molecular weight excluding hydrogens is 184 g/mol. The molecule has 1 aromatic rings. The van der Waals surface area contributed by atoms with Crippen molar-refractivity contribution in [2.45, 2.75) is 63.2 Å². The van der Waals surface area contributed by atoms with E-state index in [-0.39, 0.29) is 0 Å². The zero-order valence-electron chi connectivity index (χ0n) is 9.34. The van der Waals surface area contributed by atoms with Crippen molar-refractivity contribution in [1.29, 1.82) is 0 Å². The van der Waals surface area contributed by atoms with Gasteiger partial charge in [0, 0.05) is 23.7 Å². The number of nitrogens with one attached hydrogen (secondary N) is 1. The van der Waals surface area contributed by atoms with Crippen LogP contribution in [0.15, 0.2) is 6.20 Å². The van der Waals surface area contributed by atoms with Crippen molar-refractivity contribution < 1.29 is 0 Å². The fourth-order valence-corrected chi connectivity index (χ4v) is 3.20. The molecule has 0 aromatic carbocycles. The maximum absolute atomic E-state index is 4.59. The largest absolute Gasteiger partial charge is 0.345 e. The number of aromatic nitrogens is 2. The first-order valence-corrected chi connectivity index (χ1v) is 6.48. The van der Waals surface area contributed by atoms with E-state index in [1.807, 2.05) is 0 Å². The predicted molar refractivity (Wildman–Crippen MR) is 61.0 cm³/mol. The highest BCUT2D eigenvalue weighted by molar-refractivity contribution is 5.12. The Labute approximate surface area is 91.5 Å². The quantitative estimate of drug-likeness (QED) is 0.781. The molecule has 3 rings (SSSR count). The van der Waals surface area contributed by atoms with Crippen molar-refractivity contribution >= 4 is 0 Å². The van der Waals surface area contributed by atoms with Gasteiger partial charge < -0.3 is 4.98 Å². The lowest BCUT2D eigenvalue weighted by molar-refractivity contribution is 0.660. The van der Waals surface area contributed by atoms with Gasteiger partial charge in [-0.2, -0.15) is 0 Å². The first-order valence-electron chi connectivity index (χ1n) is 6.48. The lowest BCUT2D eigenvalue weighted by atomic mass is 10.1. The van der Waals surface area contributed by atoms with E-state index >= 15 is 0 Å². The van der Waals surface area contributed by atoms with Gasteiger partial charge in [0.25, 0.3) is 0 Å². The van der Waals surface area contributed by atoms with E-state index in [2.05, 4.69) is 16.2 Å². The molecule has 2 nitrogen and oxygen atoms in total. The third kappa shape index (κ3) is 1.82. The molecule has 82 valence electrons. The number of H-pyrrole nitrogens is 1. The van der Waals surface area contributed by atoms with E-state index in [1.165, 1.54) is 62.9 Å². The lowest BCUT2D eigenvalue weighted by Gasteiger charge is -2.06. The normalized spacial score (nSPS) is 24.0. The molecule has 0 atom stereocenters. The van der Waals surface area contributed by atoms with Crippen LogP contribution in [0.4, 0.5) is 0 Å². The van der Waals surface area contributed by atoms with Crippen LogP contribution in [0.25, 0.3) is 0 Å². The van der Waals surface area contributed by atoms with Crippen molar-refractivity contribution in [2.75, 3.05) is 0 Å². The van der Waals surface area contributed by atoms with Crippen LogP contribution in [0, 0.1) is 0 Å². The maximum Gasteiger partial charge on any atom is 0.109 e.